The molecule has 5 nitrogen and oxygen atoms in total. The second-order valence-electron chi connectivity index (χ2n) is 4.87. The molecule has 1 aromatic rings. The number of benzene rings is 1. The fourth-order valence-corrected chi connectivity index (χ4v) is 2.92. The number of hydrogen-bond acceptors (Lipinski definition) is 4. The van der Waals surface area contributed by atoms with E-state index in [1.807, 2.05) is 0 Å². The monoisotopic (exact) mass is 336 g/mol. The van der Waals surface area contributed by atoms with Crippen molar-refractivity contribution in [1.82, 2.24) is 4.90 Å². The highest BCUT2D eigenvalue weighted by atomic mass is 32.2. The summed E-state index contributed by atoms with van der Waals surface area (Å²) in [6.07, 6.45) is -4.59. The van der Waals surface area contributed by atoms with Crippen molar-refractivity contribution in [2.45, 2.75) is 23.4 Å². The first-order valence-electron chi connectivity index (χ1n) is 6.37. The fourth-order valence-electron chi connectivity index (χ4n) is 2.51. The molecule has 0 aromatic heterocycles. The molecule has 0 aliphatic carbocycles. The van der Waals surface area contributed by atoms with E-state index in [1.54, 1.807) is 0 Å². The predicted octanol–water partition coefficient (Wildman–Crippen LogP) is 1.81. The third-order valence-corrected chi connectivity index (χ3v) is 4.19. The number of ether oxygens (including phenoxy) is 1. The Bertz CT molecular complexity index is 605. The smallest absolute Gasteiger partial charge is 0.471 e. The van der Waals surface area contributed by atoms with Crippen LogP contribution in [-0.4, -0.2) is 45.9 Å². The van der Waals surface area contributed by atoms with Crippen molar-refractivity contribution >= 4 is 17.0 Å². The van der Waals surface area contributed by atoms with Gasteiger partial charge in [0, 0.05) is 29.5 Å². The summed E-state index contributed by atoms with van der Waals surface area (Å²) in [7, 11) is 1.39. The number of alkyl halides is 3. The summed E-state index contributed by atoms with van der Waals surface area (Å²) in [6, 6.07) is 4.17. The van der Waals surface area contributed by atoms with E-state index in [0.29, 0.717) is 17.7 Å². The zero-order valence-corrected chi connectivity index (χ0v) is 12.4. The van der Waals surface area contributed by atoms with Crippen LogP contribution in [0, 0.1) is 0 Å². The lowest BCUT2D eigenvalue weighted by Crippen LogP contribution is -2.39. The summed E-state index contributed by atoms with van der Waals surface area (Å²) in [5.41, 5.74) is 0.488. The van der Waals surface area contributed by atoms with Gasteiger partial charge in [-0.3, -0.25) is 9.00 Å². The van der Waals surface area contributed by atoms with Gasteiger partial charge < -0.3 is 14.2 Å². The van der Waals surface area contributed by atoms with Gasteiger partial charge in [-0.25, -0.2) is 0 Å². The van der Waals surface area contributed by atoms with Crippen LogP contribution in [0.25, 0.3) is 0 Å². The number of carbonyl (C=O) groups is 1. The SMILES string of the molecule is COc1ccc(S(=O)[O-])cc1C1CCN(C(=O)C(F)(F)F)C1. The topological polar surface area (TPSA) is 69.7 Å². The lowest BCUT2D eigenvalue weighted by molar-refractivity contribution is -0.184. The molecule has 2 rings (SSSR count). The van der Waals surface area contributed by atoms with Crippen LogP contribution in [-0.2, 0) is 15.9 Å². The predicted molar refractivity (Wildman–Crippen MR) is 70.2 cm³/mol. The molecule has 0 radical (unpaired) electrons. The number of hydrogen-bond donors (Lipinski definition) is 0. The summed E-state index contributed by atoms with van der Waals surface area (Å²) in [5, 5.41) is 0. The maximum absolute atomic E-state index is 12.4. The number of methoxy groups -OCH3 is 1. The normalized spacial score (nSPS) is 20.0. The molecule has 22 heavy (non-hydrogen) atoms. The van der Waals surface area contributed by atoms with Gasteiger partial charge in [0.25, 0.3) is 0 Å². The molecular weight excluding hydrogens is 323 g/mol. The summed E-state index contributed by atoms with van der Waals surface area (Å²) in [5.74, 6) is -1.89. The molecular formula is C13H13F3NO4S-. The Labute approximate surface area is 127 Å². The maximum atomic E-state index is 12.4. The first-order chi connectivity index (χ1) is 10.2. The molecule has 9 heteroatoms. The minimum absolute atomic E-state index is 0.0244. The van der Waals surface area contributed by atoms with Gasteiger partial charge in [0.05, 0.1) is 7.11 Å². The van der Waals surface area contributed by atoms with Gasteiger partial charge in [0.15, 0.2) is 0 Å². The van der Waals surface area contributed by atoms with E-state index >= 15 is 0 Å². The molecule has 2 unspecified atom stereocenters. The van der Waals surface area contributed by atoms with Gasteiger partial charge >= 0.3 is 12.1 Å². The van der Waals surface area contributed by atoms with E-state index in [4.69, 9.17) is 4.74 Å². The number of rotatable bonds is 3. The molecule has 1 heterocycles. The summed E-state index contributed by atoms with van der Waals surface area (Å²) >= 11 is -2.45. The summed E-state index contributed by atoms with van der Waals surface area (Å²) < 4.78 is 64.5. The second kappa shape index (κ2) is 6.25. The van der Waals surface area contributed by atoms with Crippen LogP contribution >= 0.6 is 0 Å². The molecule has 1 amide bonds. The van der Waals surface area contributed by atoms with Gasteiger partial charge in [-0.2, -0.15) is 13.2 Å². The molecule has 1 aromatic carbocycles. The van der Waals surface area contributed by atoms with E-state index in [0.717, 1.165) is 4.90 Å². The van der Waals surface area contributed by atoms with E-state index in [-0.39, 0.29) is 18.0 Å². The highest BCUT2D eigenvalue weighted by molar-refractivity contribution is 7.79. The van der Waals surface area contributed by atoms with Crippen LogP contribution in [0.5, 0.6) is 5.75 Å². The quantitative estimate of drug-likeness (QED) is 0.790. The molecule has 1 aliphatic rings. The van der Waals surface area contributed by atoms with Gasteiger partial charge in [0.1, 0.15) is 5.75 Å². The number of halogens is 3. The largest absolute Gasteiger partial charge is 0.768 e. The van der Waals surface area contributed by atoms with E-state index < -0.39 is 29.1 Å². The number of nitrogens with zero attached hydrogens (tertiary/aromatic N) is 1. The van der Waals surface area contributed by atoms with Crippen molar-refractivity contribution in [1.29, 1.82) is 0 Å². The highest BCUT2D eigenvalue weighted by Gasteiger charge is 2.44. The molecule has 1 saturated heterocycles. The lowest BCUT2D eigenvalue weighted by atomic mass is 9.97. The molecule has 0 N–H and O–H groups in total. The van der Waals surface area contributed by atoms with Crippen molar-refractivity contribution in [3.8, 4) is 5.75 Å². The van der Waals surface area contributed by atoms with E-state index in [9.17, 15) is 26.7 Å². The third kappa shape index (κ3) is 3.41. The standard InChI is InChI=1S/C13H14F3NO4S/c1-21-11-3-2-9(22(19)20)6-10(11)8-4-5-17(7-8)12(18)13(14,15)16/h2-3,6,8H,4-5,7H2,1H3,(H,19,20)/p-1. The van der Waals surface area contributed by atoms with Crippen LogP contribution in [0.15, 0.2) is 23.1 Å². The van der Waals surface area contributed by atoms with Gasteiger partial charge in [0.2, 0.25) is 0 Å². The zero-order chi connectivity index (χ0) is 16.5. The average Bonchev–Trinajstić information content (AvgIpc) is 2.94. The number of amides is 1. The molecule has 2 atom stereocenters. The van der Waals surface area contributed by atoms with Crippen LogP contribution in [0.4, 0.5) is 13.2 Å². The Morgan fingerprint density at radius 1 is 1.45 bits per heavy atom. The van der Waals surface area contributed by atoms with Crippen molar-refractivity contribution in [2.24, 2.45) is 0 Å². The minimum Gasteiger partial charge on any atom is -0.768 e. The summed E-state index contributed by atoms with van der Waals surface area (Å²) in [6.45, 7) is -0.152. The van der Waals surface area contributed by atoms with Crippen molar-refractivity contribution < 1.29 is 31.5 Å². The molecule has 0 bridgehead atoms. The molecule has 1 fully saturated rings. The Kier molecular flexibility index (Phi) is 4.76. The van der Waals surface area contributed by atoms with E-state index in [2.05, 4.69) is 0 Å². The van der Waals surface area contributed by atoms with Gasteiger partial charge in [-0.1, -0.05) is 0 Å². The third-order valence-electron chi connectivity index (χ3n) is 3.55. The maximum Gasteiger partial charge on any atom is 0.471 e. The minimum atomic E-state index is -4.91. The summed E-state index contributed by atoms with van der Waals surface area (Å²) in [4.78, 5) is 12.0. The first-order valence-corrected chi connectivity index (χ1v) is 7.45. The van der Waals surface area contributed by atoms with Crippen LogP contribution < -0.4 is 4.74 Å². The number of carbonyl (C=O) groups excluding carboxylic acids is 1. The van der Waals surface area contributed by atoms with Crippen LogP contribution in [0.3, 0.4) is 0 Å². The number of likely N-dealkylation sites (tertiary alicyclic amines) is 1. The van der Waals surface area contributed by atoms with E-state index in [1.165, 1.54) is 25.3 Å². The average molecular weight is 336 g/mol. The Morgan fingerprint density at radius 3 is 2.68 bits per heavy atom. The van der Waals surface area contributed by atoms with Gasteiger partial charge in [-0.15, -0.1) is 0 Å². The van der Waals surface area contributed by atoms with Crippen LogP contribution in [0.1, 0.15) is 17.9 Å². The van der Waals surface area contributed by atoms with Gasteiger partial charge in [-0.05, 0) is 35.7 Å². The van der Waals surface area contributed by atoms with Crippen molar-refractivity contribution in [3.05, 3.63) is 23.8 Å². The second-order valence-corrected chi connectivity index (χ2v) is 5.81. The fraction of sp³-hybridized carbons (Fsp3) is 0.462. The zero-order valence-electron chi connectivity index (χ0n) is 11.6. The first kappa shape index (κ1) is 16.8. The lowest BCUT2D eigenvalue weighted by Gasteiger charge is -2.19. The molecule has 0 spiro atoms. The van der Waals surface area contributed by atoms with Crippen LogP contribution in [0.2, 0.25) is 0 Å². The Hall–Kier alpha value is -1.61. The molecule has 122 valence electrons. The Morgan fingerprint density at radius 2 is 2.14 bits per heavy atom. The highest BCUT2D eigenvalue weighted by Crippen LogP contribution is 2.36. The molecule has 0 saturated carbocycles. The molecule has 1 aliphatic heterocycles. The Balaban J connectivity index is 2.24. The van der Waals surface area contributed by atoms with Crippen molar-refractivity contribution in [2.75, 3.05) is 20.2 Å². The van der Waals surface area contributed by atoms with Crippen molar-refractivity contribution in [3.63, 3.8) is 0 Å².